The fraction of sp³-hybridized carbons (Fsp3) is 0.138. The van der Waals surface area contributed by atoms with E-state index in [2.05, 4.69) is 12.1 Å². The van der Waals surface area contributed by atoms with E-state index in [1.165, 1.54) is 16.3 Å². The van der Waals surface area contributed by atoms with Gasteiger partial charge in [-0.1, -0.05) is 83.9 Å². The molecule has 180 valence electrons. The van der Waals surface area contributed by atoms with Gasteiger partial charge < -0.3 is 0 Å². The molecule has 0 N–H and O–H groups in total. The molecule has 2 atom stereocenters. The number of hydrogen-bond acceptors (Lipinski definition) is 6. The van der Waals surface area contributed by atoms with Crippen molar-refractivity contribution in [2.75, 3.05) is 5.01 Å². The molecular formula is C29H20ClN5OS. The van der Waals surface area contributed by atoms with Crippen molar-refractivity contribution in [3.63, 3.8) is 0 Å². The summed E-state index contributed by atoms with van der Waals surface area (Å²) in [7, 11) is 0. The van der Waals surface area contributed by atoms with Gasteiger partial charge in [0.1, 0.15) is 5.92 Å². The summed E-state index contributed by atoms with van der Waals surface area (Å²) in [4.78, 5) is 18.7. The van der Waals surface area contributed by atoms with Gasteiger partial charge >= 0.3 is 0 Å². The van der Waals surface area contributed by atoms with Crippen LogP contribution in [0.3, 0.4) is 0 Å². The van der Waals surface area contributed by atoms with Crippen LogP contribution in [0, 0.1) is 41.4 Å². The van der Waals surface area contributed by atoms with Gasteiger partial charge in [0.15, 0.2) is 0 Å². The van der Waals surface area contributed by atoms with Crippen LogP contribution in [0.15, 0.2) is 89.3 Å². The average molecular weight is 522 g/mol. The lowest BCUT2D eigenvalue weighted by Gasteiger charge is -2.25. The first kappa shape index (κ1) is 24.4. The fourth-order valence-corrected chi connectivity index (χ4v) is 5.36. The second kappa shape index (κ2) is 10.4. The molecule has 0 fully saturated rings. The highest BCUT2D eigenvalue weighted by Gasteiger charge is 2.47. The lowest BCUT2D eigenvalue weighted by atomic mass is 9.74. The van der Waals surface area contributed by atoms with Gasteiger partial charge in [-0.15, -0.1) is 11.3 Å². The highest BCUT2D eigenvalue weighted by molar-refractivity contribution is 7.14. The molecule has 1 aliphatic rings. The van der Waals surface area contributed by atoms with Gasteiger partial charge in [0.05, 0.1) is 29.5 Å². The highest BCUT2D eigenvalue weighted by atomic mass is 35.5. The van der Waals surface area contributed by atoms with Gasteiger partial charge in [0.2, 0.25) is 5.13 Å². The molecule has 8 heteroatoms. The Morgan fingerprint density at radius 2 is 1.62 bits per heavy atom. The number of hydrogen-bond donors (Lipinski definition) is 0. The molecule has 0 bridgehead atoms. The first-order valence-electron chi connectivity index (χ1n) is 11.6. The molecule has 5 rings (SSSR count). The molecule has 1 aromatic heterocycles. The van der Waals surface area contributed by atoms with Crippen LogP contribution in [0.5, 0.6) is 0 Å². The van der Waals surface area contributed by atoms with E-state index in [-0.39, 0.29) is 5.91 Å². The smallest absolute Gasteiger partial charge is 0.259 e. The molecule has 3 aromatic carbocycles. The molecule has 0 unspecified atom stereocenters. The normalized spacial score (nSPS) is 15.8. The number of nitrogens with zero attached hydrogens (tertiary/aromatic N) is 5. The van der Waals surface area contributed by atoms with Crippen molar-refractivity contribution in [2.24, 2.45) is 16.9 Å². The van der Waals surface area contributed by atoms with Crippen molar-refractivity contribution in [1.29, 1.82) is 10.5 Å². The van der Waals surface area contributed by atoms with E-state index in [1.54, 1.807) is 24.3 Å². The Hall–Kier alpha value is -4.30. The number of amides is 1. The Labute approximate surface area is 223 Å². The van der Waals surface area contributed by atoms with Gasteiger partial charge in [-0.05, 0) is 30.2 Å². The number of carbonyl (C=O) groups excluding carboxylic acids is 1. The highest BCUT2D eigenvalue weighted by Crippen LogP contribution is 2.41. The first-order valence-corrected chi connectivity index (χ1v) is 12.8. The van der Waals surface area contributed by atoms with Gasteiger partial charge in [-0.3, -0.25) is 4.79 Å². The summed E-state index contributed by atoms with van der Waals surface area (Å²) >= 11 is 7.42. The molecule has 1 aliphatic heterocycles. The monoisotopic (exact) mass is 521 g/mol. The predicted octanol–water partition coefficient (Wildman–Crippen LogP) is 6.59. The number of halogens is 1. The van der Waals surface area contributed by atoms with E-state index in [9.17, 15) is 15.3 Å². The van der Waals surface area contributed by atoms with E-state index >= 15 is 0 Å². The largest absolute Gasteiger partial charge is 0.272 e. The van der Waals surface area contributed by atoms with Crippen LogP contribution in [-0.2, 0) is 4.79 Å². The summed E-state index contributed by atoms with van der Waals surface area (Å²) in [5.74, 6) is -3.03. The number of benzene rings is 3. The fourth-order valence-electron chi connectivity index (χ4n) is 4.45. The minimum atomic E-state index is -1.08. The zero-order valence-corrected chi connectivity index (χ0v) is 21.3. The number of hydrazone groups is 1. The average Bonchev–Trinajstić information content (AvgIpc) is 3.54. The number of carbonyl (C=O) groups is 1. The molecule has 0 aliphatic carbocycles. The lowest BCUT2D eigenvalue weighted by Crippen LogP contribution is -2.35. The van der Waals surface area contributed by atoms with Crippen LogP contribution in [0.4, 0.5) is 5.13 Å². The summed E-state index contributed by atoms with van der Waals surface area (Å²) in [5.41, 5.74) is 4.73. The number of anilines is 1. The Morgan fingerprint density at radius 1 is 0.946 bits per heavy atom. The number of thiazole rings is 1. The predicted molar refractivity (Wildman–Crippen MR) is 145 cm³/mol. The molecule has 0 spiro atoms. The zero-order valence-electron chi connectivity index (χ0n) is 19.7. The van der Waals surface area contributed by atoms with E-state index in [1.807, 2.05) is 66.9 Å². The van der Waals surface area contributed by atoms with Gasteiger partial charge in [0, 0.05) is 21.9 Å². The number of rotatable bonds is 6. The first-order chi connectivity index (χ1) is 18.0. The van der Waals surface area contributed by atoms with Crippen molar-refractivity contribution in [3.05, 3.63) is 106 Å². The summed E-state index contributed by atoms with van der Waals surface area (Å²) in [6, 6.07) is 28.4. The molecule has 4 aromatic rings. The summed E-state index contributed by atoms with van der Waals surface area (Å²) in [6.45, 7) is 2.02. The van der Waals surface area contributed by atoms with E-state index < -0.39 is 17.8 Å². The minimum Gasteiger partial charge on any atom is -0.272 e. The quantitative estimate of drug-likeness (QED) is 0.286. The third kappa shape index (κ3) is 4.75. The minimum absolute atomic E-state index is 0.334. The van der Waals surface area contributed by atoms with E-state index in [4.69, 9.17) is 21.7 Å². The lowest BCUT2D eigenvalue weighted by molar-refractivity contribution is -0.120. The van der Waals surface area contributed by atoms with Crippen molar-refractivity contribution in [1.82, 2.24) is 4.98 Å². The Morgan fingerprint density at radius 3 is 2.27 bits per heavy atom. The van der Waals surface area contributed by atoms with Crippen molar-refractivity contribution in [3.8, 4) is 23.4 Å². The topological polar surface area (TPSA) is 93.1 Å². The van der Waals surface area contributed by atoms with Crippen LogP contribution in [0.25, 0.3) is 11.3 Å². The van der Waals surface area contributed by atoms with Gasteiger partial charge in [-0.25, -0.2) is 4.98 Å². The second-order valence-electron chi connectivity index (χ2n) is 8.67. The van der Waals surface area contributed by atoms with Crippen LogP contribution in [0.1, 0.15) is 22.6 Å². The van der Waals surface area contributed by atoms with E-state index in [0.717, 1.165) is 22.4 Å². The van der Waals surface area contributed by atoms with Crippen molar-refractivity contribution in [2.45, 2.75) is 12.8 Å². The number of aryl methyl sites for hydroxylation is 1. The van der Waals surface area contributed by atoms with Crippen LogP contribution in [0.2, 0.25) is 5.02 Å². The molecule has 0 saturated carbocycles. The number of nitriles is 2. The molecule has 37 heavy (non-hydrogen) atoms. The van der Waals surface area contributed by atoms with Crippen molar-refractivity contribution >= 4 is 39.7 Å². The van der Waals surface area contributed by atoms with Gasteiger partial charge in [0.25, 0.3) is 5.91 Å². The van der Waals surface area contributed by atoms with Crippen LogP contribution < -0.4 is 5.01 Å². The zero-order chi connectivity index (χ0) is 25.9. The molecule has 0 radical (unpaired) electrons. The SMILES string of the molecule is Cc1ccc(-c2csc(N3N=C(c4ccccc4)[C@H]([C@H](c4ccc(Cl)cc4)C(C#N)C#N)C3=O)n2)cc1. The second-order valence-corrected chi connectivity index (χ2v) is 9.95. The summed E-state index contributed by atoms with van der Waals surface area (Å²) in [6.07, 6.45) is 0. The van der Waals surface area contributed by atoms with E-state index in [0.29, 0.717) is 21.4 Å². The molecule has 1 amide bonds. The van der Waals surface area contributed by atoms with Gasteiger partial charge in [-0.2, -0.15) is 20.6 Å². The van der Waals surface area contributed by atoms with Crippen LogP contribution >= 0.6 is 22.9 Å². The summed E-state index contributed by atoms with van der Waals surface area (Å²) in [5, 5.41) is 28.6. The molecular weight excluding hydrogens is 502 g/mol. The molecule has 6 nitrogen and oxygen atoms in total. The maximum absolute atomic E-state index is 14.0. The third-order valence-electron chi connectivity index (χ3n) is 6.32. The third-order valence-corrected chi connectivity index (χ3v) is 7.39. The standard InChI is InChI=1S/C29H20ClN5OS/c1-18-7-9-19(10-8-18)24-17-37-29(33-24)35-28(36)26(27(34-35)21-5-3-2-4-6-21)25(22(15-31)16-32)20-11-13-23(30)14-12-20/h2-14,17,22,25-26H,1H3/t25-,26+/m1/s1. The maximum Gasteiger partial charge on any atom is 0.259 e. The molecule has 2 heterocycles. The Bertz CT molecular complexity index is 1540. The molecule has 0 saturated heterocycles. The maximum atomic E-state index is 14.0. The number of aromatic nitrogens is 1. The summed E-state index contributed by atoms with van der Waals surface area (Å²) < 4.78 is 0. The van der Waals surface area contributed by atoms with Crippen molar-refractivity contribution < 1.29 is 4.79 Å². The Kier molecular flexibility index (Phi) is 6.83. The Balaban J connectivity index is 1.61. The van der Waals surface area contributed by atoms with Crippen LogP contribution in [-0.4, -0.2) is 16.6 Å².